The predicted octanol–water partition coefficient (Wildman–Crippen LogP) is 1.09. The highest BCUT2D eigenvalue weighted by Crippen LogP contribution is 2.11. The second-order valence-electron chi connectivity index (χ2n) is 2.88. The van der Waals surface area contributed by atoms with Crippen molar-refractivity contribution in [2.24, 2.45) is 0 Å². The smallest absolute Gasteiger partial charge is 0.341 e. The maximum Gasteiger partial charge on any atom is 0.341 e. The molecule has 1 aromatic rings. The Morgan fingerprint density at radius 1 is 1.38 bits per heavy atom. The van der Waals surface area contributed by atoms with Crippen LogP contribution in [-0.2, 0) is 9.59 Å². The van der Waals surface area contributed by atoms with E-state index in [-0.39, 0.29) is 13.0 Å². The van der Waals surface area contributed by atoms with Crippen molar-refractivity contribution in [3.05, 3.63) is 29.8 Å². The van der Waals surface area contributed by atoms with E-state index in [9.17, 15) is 9.59 Å². The Labute approximate surface area is 92.9 Å². The first-order valence-electron chi connectivity index (χ1n) is 4.59. The molecular weight excluding hydrogens is 208 g/mol. The number of aliphatic carboxylic acids is 1. The number of carboxylic acids is 1. The van der Waals surface area contributed by atoms with E-state index in [0.29, 0.717) is 5.75 Å². The minimum atomic E-state index is -1.02. The van der Waals surface area contributed by atoms with Crippen LogP contribution in [0, 0.1) is 11.8 Å². The first-order valence-corrected chi connectivity index (χ1v) is 4.59. The van der Waals surface area contributed by atoms with Gasteiger partial charge in [-0.2, -0.15) is 0 Å². The predicted molar refractivity (Wildman–Crippen MR) is 57.1 cm³/mol. The van der Waals surface area contributed by atoms with E-state index in [2.05, 4.69) is 11.8 Å². The SMILES string of the molecule is O=CCC#Cc1ccc(OCC(=O)O)cc1. The van der Waals surface area contributed by atoms with Gasteiger partial charge in [-0.15, -0.1) is 0 Å². The van der Waals surface area contributed by atoms with Crippen LogP contribution in [0.2, 0.25) is 0 Å². The topological polar surface area (TPSA) is 63.6 Å². The molecule has 82 valence electrons. The summed E-state index contributed by atoms with van der Waals surface area (Å²) in [6.45, 7) is -0.365. The molecule has 0 atom stereocenters. The summed E-state index contributed by atoms with van der Waals surface area (Å²) >= 11 is 0. The van der Waals surface area contributed by atoms with Gasteiger partial charge in [0.05, 0.1) is 6.42 Å². The number of hydrogen-bond donors (Lipinski definition) is 1. The molecule has 0 bridgehead atoms. The zero-order chi connectivity index (χ0) is 11.8. The van der Waals surface area contributed by atoms with Crippen molar-refractivity contribution in [1.29, 1.82) is 0 Å². The fourth-order valence-electron chi connectivity index (χ4n) is 0.974. The van der Waals surface area contributed by atoms with Crippen LogP contribution in [0.4, 0.5) is 0 Å². The minimum absolute atomic E-state index is 0.206. The van der Waals surface area contributed by atoms with Gasteiger partial charge in [-0.25, -0.2) is 4.79 Å². The lowest BCUT2D eigenvalue weighted by molar-refractivity contribution is -0.139. The van der Waals surface area contributed by atoms with Crippen LogP contribution in [0.5, 0.6) is 5.75 Å². The van der Waals surface area contributed by atoms with Crippen molar-refractivity contribution in [2.45, 2.75) is 6.42 Å². The van der Waals surface area contributed by atoms with Gasteiger partial charge >= 0.3 is 5.97 Å². The summed E-state index contributed by atoms with van der Waals surface area (Å²) in [5.74, 6) is 4.91. The maximum absolute atomic E-state index is 10.2. The van der Waals surface area contributed by atoms with Crippen LogP contribution in [0.25, 0.3) is 0 Å². The zero-order valence-electron chi connectivity index (χ0n) is 8.47. The lowest BCUT2D eigenvalue weighted by atomic mass is 10.2. The van der Waals surface area contributed by atoms with Crippen LogP contribution in [0.15, 0.2) is 24.3 Å². The Bertz CT molecular complexity index is 423. The molecule has 1 N–H and O–H groups in total. The number of carboxylic acid groups (broad SMARTS) is 1. The molecule has 0 amide bonds. The Morgan fingerprint density at radius 2 is 2.06 bits per heavy atom. The Morgan fingerprint density at radius 3 is 2.62 bits per heavy atom. The first kappa shape index (κ1) is 11.8. The monoisotopic (exact) mass is 218 g/mol. The molecule has 0 aliphatic heterocycles. The average molecular weight is 218 g/mol. The number of hydrogen-bond acceptors (Lipinski definition) is 3. The van der Waals surface area contributed by atoms with Crippen LogP contribution in [-0.4, -0.2) is 24.0 Å². The van der Waals surface area contributed by atoms with Crippen molar-refractivity contribution in [1.82, 2.24) is 0 Å². The molecule has 4 heteroatoms. The minimum Gasteiger partial charge on any atom is -0.482 e. The van der Waals surface area contributed by atoms with Crippen molar-refractivity contribution in [3.63, 3.8) is 0 Å². The van der Waals surface area contributed by atoms with E-state index in [4.69, 9.17) is 9.84 Å². The second kappa shape index (κ2) is 6.25. The summed E-state index contributed by atoms with van der Waals surface area (Å²) in [6, 6.07) is 6.67. The van der Waals surface area contributed by atoms with Crippen molar-refractivity contribution in [2.75, 3.05) is 6.61 Å². The van der Waals surface area contributed by atoms with Crippen molar-refractivity contribution >= 4 is 12.3 Å². The van der Waals surface area contributed by atoms with Gasteiger partial charge in [0.25, 0.3) is 0 Å². The molecule has 0 unspecified atom stereocenters. The van der Waals surface area contributed by atoms with E-state index in [1.165, 1.54) is 0 Å². The molecule has 0 saturated heterocycles. The third-order valence-corrected chi connectivity index (χ3v) is 1.63. The van der Waals surface area contributed by atoms with Gasteiger partial charge in [-0.1, -0.05) is 11.8 Å². The van der Waals surface area contributed by atoms with Crippen molar-refractivity contribution < 1.29 is 19.4 Å². The standard InChI is InChI=1S/C12H10O4/c13-8-2-1-3-10-4-6-11(7-5-10)16-9-12(14)15/h4-8H,2,9H2,(H,14,15). The van der Waals surface area contributed by atoms with Crippen LogP contribution < -0.4 is 4.74 Å². The summed E-state index contributed by atoms with van der Waals surface area (Å²) in [5.41, 5.74) is 0.754. The van der Waals surface area contributed by atoms with Crippen LogP contribution >= 0.6 is 0 Å². The molecule has 1 rings (SSSR count). The third kappa shape index (κ3) is 4.29. The molecule has 0 spiro atoms. The summed E-state index contributed by atoms with van der Waals surface area (Å²) in [6.07, 6.45) is 0.939. The molecule has 0 heterocycles. The summed E-state index contributed by atoms with van der Waals surface area (Å²) in [5, 5.41) is 8.39. The molecule has 0 radical (unpaired) electrons. The molecule has 0 aromatic heterocycles. The maximum atomic E-state index is 10.2. The summed E-state index contributed by atoms with van der Waals surface area (Å²) < 4.78 is 4.94. The number of aldehydes is 1. The van der Waals surface area contributed by atoms with Gasteiger partial charge in [0.15, 0.2) is 6.61 Å². The fraction of sp³-hybridized carbons (Fsp3) is 0.167. The number of carbonyl (C=O) groups is 2. The van der Waals surface area contributed by atoms with Gasteiger partial charge in [-0.05, 0) is 24.3 Å². The number of ether oxygens (including phenoxy) is 1. The molecule has 0 aliphatic rings. The second-order valence-corrected chi connectivity index (χ2v) is 2.88. The molecule has 0 saturated carbocycles. The number of benzene rings is 1. The summed E-state index contributed by atoms with van der Waals surface area (Å²) in [7, 11) is 0. The Balaban J connectivity index is 2.58. The quantitative estimate of drug-likeness (QED) is 0.607. The molecule has 16 heavy (non-hydrogen) atoms. The largest absolute Gasteiger partial charge is 0.482 e. The molecule has 0 aliphatic carbocycles. The van der Waals surface area contributed by atoms with Crippen LogP contribution in [0.3, 0.4) is 0 Å². The molecule has 0 fully saturated rings. The fourth-order valence-corrected chi connectivity index (χ4v) is 0.974. The van der Waals surface area contributed by atoms with E-state index in [0.717, 1.165) is 11.8 Å². The number of rotatable bonds is 4. The van der Waals surface area contributed by atoms with E-state index in [1.54, 1.807) is 24.3 Å². The first-order chi connectivity index (χ1) is 7.72. The van der Waals surface area contributed by atoms with Gasteiger partial charge in [-0.3, -0.25) is 0 Å². The Kier molecular flexibility index (Phi) is 4.61. The summed E-state index contributed by atoms with van der Waals surface area (Å²) in [4.78, 5) is 20.3. The van der Waals surface area contributed by atoms with Gasteiger partial charge in [0.1, 0.15) is 12.0 Å². The molecule has 4 nitrogen and oxygen atoms in total. The Hall–Kier alpha value is -2.28. The highest BCUT2D eigenvalue weighted by atomic mass is 16.5. The van der Waals surface area contributed by atoms with E-state index < -0.39 is 5.97 Å². The molecule has 1 aromatic carbocycles. The van der Waals surface area contributed by atoms with E-state index >= 15 is 0 Å². The lowest BCUT2D eigenvalue weighted by Crippen LogP contribution is -2.09. The highest BCUT2D eigenvalue weighted by Gasteiger charge is 1.98. The normalized spacial score (nSPS) is 8.75. The van der Waals surface area contributed by atoms with Crippen LogP contribution in [0.1, 0.15) is 12.0 Å². The van der Waals surface area contributed by atoms with Gasteiger partial charge < -0.3 is 14.6 Å². The highest BCUT2D eigenvalue weighted by molar-refractivity contribution is 5.68. The third-order valence-electron chi connectivity index (χ3n) is 1.63. The van der Waals surface area contributed by atoms with Crippen molar-refractivity contribution in [3.8, 4) is 17.6 Å². The number of carbonyl (C=O) groups excluding carboxylic acids is 1. The van der Waals surface area contributed by atoms with E-state index in [1.807, 2.05) is 0 Å². The molecular formula is C12H10O4. The average Bonchev–Trinajstić information content (AvgIpc) is 2.28. The van der Waals surface area contributed by atoms with Gasteiger partial charge in [0.2, 0.25) is 0 Å². The lowest BCUT2D eigenvalue weighted by Gasteiger charge is -2.01. The zero-order valence-corrected chi connectivity index (χ0v) is 8.47. The van der Waals surface area contributed by atoms with Gasteiger partial charge in [0, 0.05) is 5.56 Å².